The van der Waals surface area contributed by atoms with Crippen LogP contribution in [0.5, 0.6) is 5.75 Å². The van der Waals surface area contributed by atoms with Gasteiger partial charge in [0.2, 0.25) is 5.91 Å². The smallest absolute Gasteiger partial charge is 0.490 e. The molecule has 35 heavy (non-hydrogen) atoms. The number of benzene rings is 1. The molecule has 13 heteroatoms. The van der Waals surface area contributed by atoms with Gasteiger partial charge in [0.15, 0.2) is 5.65 Å². The van der Waals surface area contributed by atoms with Crippen LogP contribution in [-0.4, -0.2) is 57.0 Å². The number of nitrogens with one attached hydrogen (secondary N) is 3. The van der Waals surface area contributed by atoms with Gasteiger partial charge in [0.25, 0.3) is 0 Å². The standard InChI is InChI=1S/C20H24N6O2.C2HF3O2/c1-3-28-15-8-6-14(7-9-15)23-19-13(2)18(25-17-10-12-22-26(17)19)24-16-5-4-11-21-20(16)27;3-2(4,5)1(6)7/h6-10,12,16,23H,3-5,11H2,1-2H3,(H,21,27)(H,24,25);(H,6,7). The quantitative estimate of drug-likeness (QED) is 0.410. The highest BCUT2D eigenvalue weighted by atomic mass is 19.4. The van der Waals surface area contributed by atoms with E-state index >= 15 is 0 Å². The molecule has 1 saturated heterocycles. The van der Waals surface area contributed by atoms with Crippen LogP contribution in [0.25, 0.3) is 5.65 Å². The maximum absolute atomic E-state index is 12.1. The van der Waals surface area contributed by atoms with Crippen molar-refractivity contribution in [2.75, 3.05) is 23.8 Å². The SMILES string of the molecule is CCOc1ccc(Nc2c(C)c(NC3CCCNC3=O)nc3ccnn23)cc1.O=C(O)C(F)(F)F. The van der Waals surface area contributed by atoms with E-state index in [0.29, 0.717) is 18.1 Å². The molecule has 0 saturated carbocycles. The van der Waals surface area contributed by atoms with Crippen molar-refractivity contribution in [2.45, 2.75) is 38.9 Å². The van der Waals surface area contributed by atoms with Crippen molar-refractivity contribution in [2.24, 2.45) is 0 Å². The molecule has 0 spiro atoms. The van der Waals surface area contributed by atoms with E-state index in [9.17, 15) is 18.0 Å². The van der Waals surface area contributed by atoms with Gasteiger partial charge in [-0.1, -0.05) is 0 Å². The molecule has 10 nitrogen and oxygen atoms in total. The summed E-state index contributed by atoms with van der Waals surface area (Å²) in [4.78, 5) is 25.7. The van der Waals surface area contributed by atoms with Crippen LogP contribution in [0.15, 0.2) is 36.5 Å². The number of ether oxygens (including phenoxy) is 1. The number of halogens is 3. The predicted molar refractivity (Wildman–Crippen MR) is 122 cm³/mol. The number of nitrogens with zero attached hydrogens (tertiary/aromatic N) is 3. The van der Waals surface area contributed by atoms with Crippen LogP contribution in [0.2, 0.25) is 0 Å². The van der Waals surface area contributed by atoms with Crippen LogP contribution in [0.1, 0.15) is 25.3 Å². The van der Waals surface area contributed by atoms with E-state index < -0.39 is 12.1 Å². The van der Waals surface area contributed by atoms with Gasteiger partial charge in [0, 0.05) is 23.9 Å². The van der Waals surface area contributed by atoms with Crippen LogP contribution in [0.4, 0.5) is 30.5 Å². The molecule has 3 heterocycles. The summed E-state index contributed by atoms with van der Waals surface area (Å²) in [5, 5.41) is 21.1. The summed E-state index contributed by atoms with van der Waals surface area (Å²) in [5.41, 5.74) is 2.51. The molecule has 4 N–H and O–H groups in total. The van der Waals surface area contributed by atoms with Crippen molar-refractivity contribution in [3.05, 3.63) is 42.1 Å². The van der Waals surface area contributed by atoms with E-state index in [0.717, 1.165) is 42.2 Å². The number of carboxylic acids is 1. The molecule has 2 aromatic heterocycles. The van der Waals surface area contributed by atoms with Gasteiger partial charge < -0.3 is 25.8 Å². The van der Waals surface area contributed by atoms with Crippen LogP contribution in [0, 0.1) is 6.92 Å². The highest BCUT2D eigenvalue weighted by Gasteiger charge is 2.38. The van der Waals surface area contributed by atoms with Gasteiger partial charge in [-0.2, -0.15) is 22.8 Å². The van der Waals surface area contributed by atoms with Crippen molar-refractivity contribution >= 4 is 34.8 Å². The summed E-state index contributed by atoms with van der Waals surface area (Å²) in [6.07, 6.45) is -1.63. The summed E-state index contributed by atoms with van der Waals surface area (Å²) in [6, 6.07) is 9.34. The minimum absolute atomic E-state index is 0.0156. The Kier molecular flexibility index (Phi) is 7.99. The third-order valence-electron chi connectivity index (χ3n) is 5.04. The fraction of sp³-hybridized carbons (Fsp3) is 0.364. The lowest BCUT2D eigenvalue weighted by Gasteiger charge is -2.24. The predicted octanol–water partition coefficient (Wildman–Crippen LogP) is 3.50. The molecule has 3 aromatic rings. The summed E-state index contributed by atoms with van der Waals surface area (Å²) in [7, 11) is 0. The molecule has 1 aliphatic heterocycles. The molecule has 0 radical (unpaired) electrons. The Hall–Kier alpha value is -4.03. The molecule has 1 amide bonds. The molecular formula is C22H25F3N6O4. The highest BCUT2D eigenvalue weighted by molar-refractivity contribution is 5.85. The number of piperidine rings is 1. The number of fused-ring (bicyclic) bond motifs is 1. The molecule has 1 unspecified atom stereocenters. The second-order valence-electron chi connectivity index (χ2n) is 7.55. The fourth-order valence-corrected chi connectivity index (χ4v) is 3.32. The Morgan fingerprint density at radius 2 is 1.97 bits per heavy atom. The molecule has 4 rings (SSSR count). The molecule has 1 aliphatic rings. The molecule has 1 atom stereocenters. The average Bonchev–Trinajstić information content (AvgIpc) is 3.27. The lowest BCUT2D eigenvalue weighted by Crippen LogP contribution is -2.44. The lowest BCUT2D eigenvalue weighted by atomic mass is 10.1. The zero-order chi connectivity index (χ0) is 25.6. The second-order valence-corrected chi connectivity index (χ2v) is 7.55. The monoisotopic (exact) mass is 494 g/mol. The number of carbonyl (C=O) groups excluding carboxylic acids is 1. The van der Waals surface area contributed by atoms with Gasteiger partial charge in [-0.3, -0.25) is 4.79 Å². The number of amides is 1. The number of carboxylic acid groups (broad SMARTS) is 1. The maximum atomic E-state index is 12.1. The second kappa shape index (κ2) is 10.9. The topological polar surface area (TPSA) is 130 Å². The summed E-state index contributed by atoms with van der Waals surface area (Å²) < 4.78 is 39.0. The Morgan fingerprint density at radius 1 is 1.29 bits per heavy atom. The van der Waals surface area contributed by atoms with Gasteiger partial charge in [0.1, 0.15) is 23.4 Å². The van der Waals surface area contributed by atoms with Crippen molar-refractivity contribution in [1.29, 1.82) is 0 Å². The Bertz CT molecular complexity index is 1180. The van der Waals surface area contributed by atoms with Crippen molar-refractivity contribution in [1.82, 2.24) is 19.9 Å². The molecule has 1 fully saturated rings. The largest absolute Gasteiger partial charge is 0.494 e. The Morgan fingerprint density at radius 3 is 2.57 bits per heavy atom. The van der Waals surface area contributed by atoms with Gasteiger partial charge in [-0.15, -0.1) is 0 Å². The number of aliphatic carboxylic acids is 1. The van der Waals surface area contributed by atoms with Crippen LogP contribution >= 0.6 is 0 Å². The number of anilines is 3. The lowest BCUT2D eigenvalue weighted by molar-refractivity contribution is -0.192. The molecule has 0 bridgehead atoms. The van der Waals surface area contributed by atoms with E-state index in [1.54, 1.807) is 10.7 Å². The van der Waals surface area contributed by atoms with Gasteiger partial charge >= 0.3 is 12.1 Å². The van der Waals surface area contributed by atoms with E-state index in [1.807, 2.05) is 44.2 Å². The van der Waals surface area contributed by atoms with Crippen LogP contribution < -0.4 is 20.7 Å². The number of hydrogen-bond acceptors (Lipinski definition) is 7. The van der Waals surface area contributed by atoms with E-state index in [1.165, 1.54) is 0 Å². The summed E-state index contributed by atoms with van der Waals surface area (Å²) in [5.74, 6) is -0.426. The fourth-order valence-electron chi connectivity index (χ4n) is 3.32. The zero-order valence-electron chi connectivity index (χ0n) is 19.0. The molecule has 0 aliphatic carbocycles. The summed E-state index contributed by atoms with van der Waals surface area (Å²) in [6.45, 7) is 5.29. The number of alkyl halides is 3. The van der Waals surface area contributed by atoms with E-state index in [4.69, 9.17) is 14.6 Å². The third kappa shape index (κ3) is 6.52. The van der Waals surface area contributed by atoms with Gasteiger partial charge in [-0.25, -0.2) is 9.78 Å². The van der Waals surface area contributed by atoms with Crippen molar-refractivity contribution in [3.8, 4) is 5.75 Å². The van der Waals surface area contributed by atoms with Gasteiger partial charge in [0.05, 0.1) is 12.8 Å². The Labute approximate surface area is 198 Å². The molecule has 188 valence electrons. The number of hydrogen-bond donors (Lipinski definition) is 4. The first kappa shape index (κ1) is 25.6. The number of carbonyl (C=O) groups is 2. The number of aromatic nitrogens is 3. The van der Waals surface area contributed by atoms with E-state index in [2.05, 4.69) is 26.0 Å². The average molecular weight is 494 g/mol. The highest BCUT2D eigenvalue weighted by Crippen LogP contribution is 2.28. The van der Waals surface area contributed by atoms with Crippen LogP contribution in [-0.2, 0) is 9.59 Å². The first-order valence-corrected chi connectivity index (χ1v) is 10.8. The minimum atomic E-state index is -5.08. The van der Waals surface area contributed by atoms with Crippen LogP contribution in [0.3, 0.4) is 0 Å². The normalized spacial score (nSPS) is 15.6. The Balaban J connectivity index is 0.000000429. The maximum Gasteiger partial charge on any atom is 0.490 e. The zero-order valence-corrected chi connectivity index (χ0v) is 19.0. The van der Waals surface area contributed by atoms with Gasteiger partial charge in [-0.05, 0) is 51.0 Å². The molecule has 1 aromatic carbocycles. The van der Waals surface area contributed by atoms with Crippen molar-refractivity contribution in [3.63, 3.8) is 0 Å². The third-order valence-corrected chi connectivity index (χ3v) is 5.04. The number of rotatable bonds is 6. The van der Waals surface area contributed by atoms with E-state index in [-0.39, 0.29) is 11.9 Å². The first-order chi connectivity index (χ1) is 16.6. The first-order valence-electron chi connectivity index (χ1n) is 10.8. The summed E-state index contributed by atoms with van der Waals surface area (Å²) >= 11 is 0. The molecular weight excluding hydrogens is 469 g/mol. The minimum Gasteiger partial charge on any atom is -0.494 e. The van der Waals surface area contributed by atoms with Crippen molar-refractivity contribution < 1.29 is 32.6 Å².